The Morgan fingerprint density at radius 3 is 2.57 bits per heavy atom. The second kappa shape index (κ2) is 11.8. The predicted molar refractivity (Wildman–Crippen MR) is 153 cm³/mol. The fourth-order valence-electron chi connectivity index (χ4n) is 5.53. The molecule has 2 N–H and O–H groups in total. The van der Waals surface area contributed by atoms with Gasteiger partial charge in [0.25, 0.3) is 0 Å². The zero-order valence-corrected chi connectivity index (χ0v) is 22.1. The molecule has 0 spiro atoms. The van der Waals surface area contributed by atoms with Crippen LogP contribution in [0.3, 0.4) is 0 Å². The first-order valence-corrected chi connectivity index (χ1v) is 12.7. The first-order chi connectivity index (χ1) is 17.5. The number of carboxylic acids is 1. The number of benzene rings is 3. The van der Waals surface area contributed by atoms with Gasteiger partial charge in [-0.05, 0) is 66.8 Å². The number of rotatable bonds is 7. The third kappa shape index (κ3) is 5.95. The number of hydrogen-bond donors (Lipinski definition) is 2. The summed E-state index contributed by atoms with van der Waals surface area (Å²) in [5.74, 6) is 0.624. The number of nitrogens with zero attached hydrogens (tertiary/aromatic N) is 2. The second-order valence-electron chi connectivity index (χ2n) is 9.87. The maximum Gasteiger partial charge on any atom is 0.335 e. The van der Waals surface area contributed by atoms with E-state index in [-0.39, 0.29) is 18.4 Å². The zero-order valence-electron chi connectivity index (χ0n) is 21.3. The highest BCUT2D eigenvalue weighted by atomic mass is 35.5. The van der Waals surface area contributed by atoms with E-state index in [4.69, 9.17) is 0 Å². The molecule has 192 valence electrons. The Labute approximate surface area is 225 Å². The minimum atomic E-state index is -0.914. The highest BCUT2D eigenvalue weighted by Crippen LogP contribution is 2.35. The summed E-state index contributed by atoms with van der Waals surface area (Å²) in [6, 6.07) is 29.4. The number of aromatic carboxylic acids is 1. The smallest absolute Gasteiger partial charge is 0.335 e. The number of fused-ring (bicyclic) bond motifs is 1. The number of anilines is 1. The van der Waals surface area contributed by atoms with E-state index in [0.29, 0.717) is 17.4 Å². The highest BCUT2D eigenvalue weighted by Gasteiger charge is 2.31. The Hall–Kier alpha value is -3.41. The van der Waals surface area contributed by atoms with Gasteiger partial charge in [0.1, 0.15) is 5.82 Å². The van der Waals surface area contributed by atoms with Crippen molar-refractivity contribution in [3.05, 3.63) is 107 Å². The highest BCUT2D eigenvalue weighted by molar-refractivity contribution is 5.88. The number of piperidine rings is 1. The van der Waals surface area contributed by atoms with Gasteiger partial charge in [0.05, 0.1) is 5.56 Å². The molecule has 2 unspecified atom stereocenters. The molecule has 0 saturated carbocycles. The van der Waals surface area contributed by atoms with E-state index in [2.05, 4.69) is 94.9 Å². The van der Waals surface area contributed by atoms with Gasteiger partial charge < -0.3 is 15.3 Å². The van der Waals surface area contributed by atoms with E-state index in [1.54, 1.807) is 12.1 Å². The summed E-state index contributed by atoms with van der Waals surface area (Å²) in [6.45, 7) is 6.69. The van der Waals surface area contributed by atoms with Gasteiger partial charge in [0.15, 0.2) is 0 Å². The molecule has 1 aliphatic heterocycles. The quantitative estimate of drug-likeness (QED) is 0.289. The van der Waals surface area contributed by atoms with Crippen molar-refractivity contribution in [2.45, 2.75) is 32.2 Å². The fourth-order valence-corrected chi connectivity index (χ4v) is 5.53. The predicted octanol–water partition coefficient (Wildman–Crippen LogP) is 6.62. The average molecular weight is 516 g/mol. The lowest BCUT2D eigenvalue weighted by Crippen LogP contribution is -2.43. The van der Waals surface area contributed by atoms with Crippen LogP contribution in [-0.4, -0.2) is 35.7 Å². The molecule has 37 heavy (non-hydrogen) atoms. The average Bonchev–Trinajstić information content (AvgIpc) is 2.91. The summed E-state index contributed by atoms with van der Waals surface area (Å²) in [5.41, 5.74) is 3.67. The van der Waals surface area contributed by atoms with Gasteiger partial charge in [-0.2, -0.15) is 0 Å². The van der Waals surface area contributed by atoms with Crippen LogP contribution in [0.2, 0.25) is 0 Å². The van der Waals surface area contributed by atoms with E-state index in [1.807, 2.05) is 6.92 Å². The molecule has 0 radical (unpaired) electrons. The molecule has 1 saturated heterocycles. The van der Waals surface area contributed by atoms with Crippen LogP contribution in [0.1, 0.15) is 52.5 Å². The monoisotopic (exact) mass is 515 g/mol. The summed E-state index contributed by atoms with van der Waals surface area (Å²) >= 11 is 0. The summed E-state index contributed by atoms with van der Waals surface area (Å²) < 4.78 is 0. The number of carbonyl (C=O) groups is 1. The number of nitrogens with one attached hydrogen (secondary N) is 1. The van der Waals surface area contributed by atoms with Crippen molar-refractivity contribution in [2.24, 2.45) is 5.92 Å². The largest absolute Gasteiger partial charge is 0.478 e. The van der Waals surface area contributed by atoms with Gasteiger partial charge in [-0.15, -0.1) is 12.4 Å². The molecule has 0 amide bonds. The van der Waals surface area contributed by atoms with Gasteiger partial charge in [-0.25, -0.2) is 9.78 Å². The van der Waals surface area contributed by atoms with Crippen molar-refractivity contribution in [2.75, 3.05) is 24.5 Å². The fraction of sp³-hybridized carbons (Fsp3) is 0.290. The maximum absolute atomic E-state index is 11.6. The van der Waals surface area contributed by atoms with Crippen LogP contribution in [0.25, 0.3) is 10.8 Å². The first-order valence-electron chi connectivity index (χ1n) is 12.7. The number of halogens is 1. The summed E-state index contributed by atoms with van der Waals surface area (Å²) in [4.78, 5) is 18.6. The number of carboxylic acid groups (broad SMARTS) is 1. The Morgan fingerprint density at radius 1 is 1.05 bits per heavy atom. The van der Waals surface area contributed by atoms with Crippen LogP contribution < -0.4 is 10.2 Å². The molecular weight excluding hydrogens is 482 g/mol. The van der Waals surface area contributed by atoms with Crippen LogP contribution in [0.5, 0.6) is 0 Å². The van der Waals surface area contributed by atoms with E-state index in [1.165, 1.54) is 21.9 Å². The second-order valence-corrected chi connectivity index (χ2v) is 9.87. The zero-order chi connectivity index (χ0) is 25.1. The Balaban J connectivity index is 0.00000320. The van der Waals surface area contributed by atoms with E-state index < -0.39 is 5.97 Å². The number of aromatic nitrogens is 1. The van der Waals surface area contributed by atoms with Gasteiger partial charge in [-0.3, -0.25) is 0 Å². The molecule has 2 heterocycles. The number of aryl methyl sites for hydroxylation is 1. The van der Waals surface area contributed by atoms with E-state index in [0.717, 1.165) is 37.6 Å². The summed E-state index contributed by atoms with van der Waals surface area (Å²) in [5, 5.41) is 15.9. The van der Waals surface area contributed by atoms with Crippen LogP contribution >= 0.6 is 12.4 Å². The molecule has 1 fully saturated rings. The van der Waals surface area contributed by atoms with Crippen molar-refractivity contribution in [3.63, 3.8) is 0 Å². The first kappa shape index (κ1) is 26.6. The van der Waals surface area contributed by atoms with Gasteiger partial charge in [-0.1, -0.05) is 72.8 Å². The molecule has 0 bridgehead atoms. The van der Waals surface area contributed by atoms with Crippen LogP contribution in [0.4, 0.5) is 5.82 Å². The van der Waals surface area contributed by atoms with Gasteiger partial charge >= 0.3 is 5.97 Å². The molecule has 5 rings (SSSR count). The third-order valence-corrected chi connectivity index (χ3v) is 7.47. The minimum Gasteiger partial charge on any atom is -0.478 e. The van der Waals surface area contributed by atoms with Crippen molar-refractivity contribution >= 4 is 35.0 Å². The Morgan fingerprint density at radius 2 is 1.78 bits per heavy atom. The van der Waals surface area contributed by atoms with Crippen LogP contribution in [0, 0.1) is 12.8 Å². The summed E-state index contributed by atoms with van der Waals surface area (Å²) in [6.07, 6.45) is 1.01. The molecule has 3 atom stereocenters. The Bertz CT molecular complexity index is 1360. The van der Waals surface area contributed by atoms with Crippen LogP contribution in [0.15, 0.2) is 84.9 Å². The SMILES string of the molecule is Cc1cc(C(=O)O)cc(N2CCC(CN[C@H](C)c3cccc4ccccc34)C(c3ccccc3)C2)n1.Cl. The van der Waals surface area contributed by atoms with Crippen molar-refractivity contribution in [3.8, 4) is 0 Å². The normalized spacial score (nSPS) is 18.3. The van der Waals surface area contributed by atoms with E-state index >= 15 is 0 Å². The number of hydrogen-bond acceptors (Lipinski definition) is 4. The molecule has 5 nitrogen and oxygen atoms in total. The molecule has 6 heteroatoms. The molecule has 0 aliphatic carbocycles. The molecule has 1 aromatic heterocycles. The van der Waals surface area contributed by atoms with Gasteiger partial charge in [0.2, 0.25) is 0 Å². The maximum atomic E-state index is 11.6. The summed E-state index contributed by atoms with van der Waals surface area (Å²) in [7, 11) is 0. The van der Waals surface area contributed by atoms with Gasteiger partial charge in [0, 0.05) is 30.7 Å². The molecule has 3 aromatic carbocycles. The molecule has 4 aromatic rings. The Kier molecular flexibility index (Phi) is 8.47. The van der Waals surface area contributed by atoms with Crippen molar-refractivity contribution in [1.29, 1.82) is 0 Å². The van der Waals surface area contributed by atoms with E-state index in [9.17, 15) is 9.90 Å². The van der Waals surface area contributed by atoms with Crippen LogP contribution in [-0.2, 0) is 0 Å². The minimum absolute atomic E-state index is 0. The lowest BCUT2D eigenvalue weighted by molar-refractivity contribution is 0.0696. The standard InChI is InChI=1S/C31H33N3O2.ClH/c1-21-17-26(31(35)36)18-30(33-21)34-16-15-25(29(20-34)24-9-4-3-5-10-24)19-32-22(2)27-14-8-12-23-11-6-7-13-28(23)27;/h3-14,17-18,22,25,29,32H,15-16,19-20H2,1-2H3,(H,35,36);1H/t22-,25?,29?;/m1./s1. The van der Waals surface area contributed by atoms with Crippen molar-refractivity contribution < 1.29 is 9.90 Å². The lowest BCUT2D eigenvalue weighted by Gasteiger charge is -2.40. The van der Waals surface area contributed by atoms with Crippen molar-refractivity contribution in [1.82, 2.24) is 10.3 Å². The topological polar surface area (TPSA) is 65.5 Å². The molecule has 1 aliphatic rings. The third-order valence-electron chi connectivity index (χ3n) is 7.47. The number of pyridine rings is 1. The molecular formula is C31H34ClN3O2. The lowest BCUT2D eigenvalue weighted by atomic mass is 9.80.